The average Bonchev–Trinajstić information content (AvgIpc) is 3.49. The van der Waals surface area contributed by atoms with Gasteiger partial charge in [0.15, 0.2) is 0 Å². The molecule has 0 radical (unpaired) electrons. The highest BCUT2D eigenvalue weighted by atomic mass is 14.7. The van der Waals surface area contributed by atoms with Crippen LogP contribution in [0.25, 0.3) is 54.8 Å². The van der Waals surface area contributed by atoms with E-state index in [9.17, 15) is 0 Å². The number of H-pyrrole nitrogens is 1. The lowest BCUT2D eigenvalue weighted by atomic mass is 9.43. The predicted molar refractivity (Wildman–Crippen MR) is 162 cm³/mol. The van der Waals surface area contributed by atoms with Crippen LogP contribution in [-0.2, 0) is 5.41 Å². The van der Waals surface area contributed by atoms with Crippen LogP contribution < -0.4 is 0 Å². The molecule has 0 aliphatic heterocycles. The number of benzene rings is 5. The van der Waals surface area contributed by atoms with Crippen molar-refractivity contribution in [2.24, 2.45) is 23.7 Å². The van der Waals surface area contributed by atoms with Crippen LogP contribution in [0, 0.1) is 23.7 Å². The number of aromatic nitrogens is 1. The van der Waals surface area contributed by atoms with E-state index in [4.69, 9.17) is 0 Å². The summed E-state index contributed by atoms with van der Waals surface area (Å²) in [5.74, 6) is 3.60. The lowest BCUT2D eigenvalue weighted by Crippen LogP contribution is -2.55. The zero-order valence-electron chi connectivity index (χ0n) is 22.1. The number of rotatable bonds is 1. The molecule has 6 aromatic rings. The lowest BCUT2D eigenvalue weighted by molar-refractivity contribution is -0.0399. The third-order valence-corrected chi connectivity index (χ3v) is 11.4. The smallest absolute Gasteiger partial charge is 0.0544 e. The second-order valence-corrected chi connectivity index (χ2v) is 13.1. The molecule has 11 rings (SSSR count). The van der Waals surface area contributed by atoms with Crippen molar-refractivity contribution in [2.45, 2.75) is 37.5 Å². The van der Waals surface area contributed by atoms with Crippen molar-refractivity contribution in [1.29, 1.82) is 0 Å². The Hall–Kier alpha value is -3.84. The maximum absolute atomic E-state index is 3.78. The van der Waals surface area contributed by atoms with Crippen LogP contribution in [0.5, 0.6) is 0 Å². The number of hydrogen-bond donors (Lipinski definition) is 1. The van der Waals surface area contributed by atoms with Gasteiger partial charge in [0, 0.05) is 27.1 Å². The molecular weight excluding hydrogens is 470 g/mol. The minimum atomic E-state index is 0.250. The highest BCUT2D eigenvalue weighted by Crippen LogP contribution is 2.69. The van der Waals surface area contributed by atoms with Gasteiger partial charge in [-0.25, -0.2) is 0 Å². The quantitative estimate of drug-likeness (QED) is 0.231. The lowest BCUT2D eigenvalue weighted by Gasteiger charge is -2.61. The van der Waals surface area contributed by atoms with Crippen LogP contribution in [0.4, 0.5) is 0 Å². The Kier molecular flexibility index (Phi) is 3.89. The summed E-state index contributed by atoms with van der Waals surface area (Å²) in [7, 11) is 0. The average molecular weight is 502 g/mol. The van der Waals surface area contributed by atoms with Gasteiger partial charge in [-0.05, 0) is 107 Å². The molecule has 0 unspecified atom stereocenters. The van der Waals surface area contributed by atoms with Gasteiger partial charge in [0.05, 0.1) is 5.52 Å². The molecule has 1 nitrogen and oxygen atoms in total. The monoisotopic (exact) mass is 501 g/mol. The summed E-state index contributed by atoms with van der Waals surface area (Å²) < 4.78 is 0. The molecule has 188 valence electrons. The second kappa shape index (κ2) is 7.21. The van der Waals surface area contributed by atoms with Crippen LogP contribution in [-0.4, -0.2) is 4.98 Å². The maximum Gasteiger partial charge on any atom is 0.0544 e. The molecule has 4 bridgehead atoms. The molecule has 1 heteroatoms. The summed E-state index contributed by atoms with van der Waals surface area (Å²) in [5, 5.41) is 5.19. The molecule has 4 fully saturated rings. The molecule has 5 aromatic carbocycles. The number of nitrogens with one attached hydrogen (secondary N) is 1. The van der Waals surface area contributed by atoms with E-state index in [1.807, 2.05) is 0 Å². The van der Waals surface area contributed by atoms with Gasteiger partial charge in [-0.3, -0.25) is 0 Å². The first kappa shape index (κ1) is 21.0. The van der Waals surface area contributed by atoms with E-state index < -0.39 is 0 Å². The molecule has 4 saturated carbocycles. The summed E-state index contributed by atoms with van der Waals surface area (Å²) >= 11 is 0. The van der Waals surface area contributed by atoms with Gasteiger partial charge >= 0.3 is 0 Å². The molecule has 5 aliphatic carbocycles. The minimum Gasteiger partial charge on any atom is -0.354 e. The number of fused-ring (bicyclic) bond motifs is 8. The van der Waals surface area contributed by atoms with Gasteiger partial charge in [0.2, 0.25) is 0 Å². The van der Waals surface area contributed by atoms with Crippen molar-refractivity contribution in [1.82, 2.24) is 4.98 Å². The van der Waals surface area contributed by atoms with Crippen molar-refractivity contribution in [3.05, 3.63) is 108 Å². The molecule has 1 heterocycles. The summed E-state index contributed by atoms with van der Waals surface area (Å²) in [6, 6.07) is 37.1. The Morgan fingerprint density at radius 3 is 2.10 bits per heavy atom. The Labute approximate surface area is 228 Å². The zero-order valence-corrected chi connectivity index (χ0v) is 22.1. The SMILES string of the molecule is c1ccc2c(c1)-c1cc(-c3ccc4c(c3)[nH]c3c5ccccc5ccc43)ccc1C21C2CC3CC(C2)CC1C3. The fourth-order valence-electron chi connectivity index (χ4n) is 10.2. The molecule has 0 saturated heterocycles. The molecule has 39 heavy (non-hydrogen) atoms. The standard InChI is InChI=1S/C38H31N/c1-2-6-29-24(5-1)9-13-32-31-12-10-26(21-36(31)39-37(29)32)25-11-14-35-33(20-25)30-7-3-4-8-34(30)38(35)27-16-22-15-23(18-27)19-28(38)17-22/h1-14,20-23,27-28,39H,15-19H2. The molecule has 1 N–H and O–H groups in total. The zero-order chi connectivity index (χ0) is 25.3. The van der Waals surface area contributed by atoms with Crippen LogP contribution in [0.2, 0.25) is 0 Å². The summed E-state index contributed by atoms with van der Waals surface area (Å²) in [6.07, 6.45) is 7.26. The van der Waals surface area contributed by atoms with E-state index in [0.29, 0.717) is 0 Å². The van der Waals surface area contributed by atoms with Gasteiger partial charge in [0.25, 0.3) is 0 Å². The third kappa shape index (κ3) is 2.57. The normalized spacial score (nSPS) is 28.1. The number of hydrogen-bond acceptors (Lipinski definition) is 0. The topological polar surface area (TPSA) is 15.8 Å². The first-order valence-electron chi connectivity index (χ1n) is 15.0. The van der Waals surface area contributed by atoms with Crippen LogP contribution >= 0.6 is 0 Å². The van der Waals surface area contributed by atoms with E-state index in [1.54, 1.807) is 11.1 Å². The van der Waals surface area contributed by atoms with E-state index >= 15 is 0 Å². The first-order chi connectivity index (χ1) is 19.3. The Bertz CT molecular complexity index is 1960. The molecule has 0 amide bonds. The van der Waals surface area contributed by atoms with E-state index in [-0.39, 0.29) is 5.41 Å². The highest BCUT2D eigenvalue weighted by Gasteiger charge is 2.61. The first-order valence-corrected chi connectivity index (χ1v) is 15.0. The summed E-state index contributed by atoms with van der Waals surface area (Å²) in [5.41, 5.74) is 11.6. The molecule has 0 atom stereocenters. The fourth-order valence-corrected chi connectivity index (χ4v) is 10.2. The fraction of sp³-hybridized carbons (Fsp3) is 0.263. The molecule has 5 aliphatic rings. The van der Waals surface area contributed by atoms with E-state index in [1.165, 1.54) is 86.9 Å². The second-order valence-electron chi connectivity index (χ2n) is 13.1. The van der Waals surface area contributed by atoms with Gasteiger partial charge in [-0.15, -0.1) is 0 Å². The van der Waals surface area contributed by atoms with Gasteiger partial charge in [0.1, 0.15) is 0 Å². The summed E-state index contributed by atoms with van der Waals surface area (Å²) in [4.78, 5) is 3.78. The minimum absolute atomic E-state index is 0.250. The van der Waals surface area contributed by atoms with Crippen molar-refractivity contribution < 1.29 is 0 Å². The largest absolute Gasteiger partial charge is 0.354 e. The Balaban J connectivity index is 1.15. The van der Waals surface area contributed by atoms with Crippen molar-refractivity contribution in [2.75, 3.05) is 0 Å². The Morgan fingerprint density at radius 2 is 1.23 bits per heavy atom. The van der Waals surface area contributed by atoms with Crippen molar-refractivity contribution >= 4 is 32.6 Å². The third-order valence-electron chi connectivity index (χ3n) is 11.4. The van der Waals surface area contributed by atoms with Crippen LogP contribution in [0.1, 0.15) is 43.2 Å². The molecular formula is C38H31N. The van der Waals surface area contributed by atoms with E-state index in [2.05, 4.69) is 102 Å². The summed E-state index contributed by atoms with van der Waals surface area (Å²) in [6.45, 7) is 0. The van der Waals surface area contributed by atoms with Gasteiger partial charge < -0.3 is 4.98 Å². The number of aromatic amines is 1. The Morgan fingerprint density at radius 1 is 0.538 bits per heavy atom. The van der Waals surface area contributed by atoms with Crippen molar-refractivity contribution in [3.63, 3.8) is 0 Å². The van der Waals surface area contributed by atoms with Gasteiger partial charge in [-0.2, -0.15) is 0 Å². The highest BCUT2D eigenvalue weighted by molar-refractivity contribution is 6.17. The maximum atomic E-state index is 3.78. The molecule has 1 aromatic heterocycles. The van der Waals surface area contributed by atoms with Crippen LogP contribution in [0.15, 0.2) is 97.1 Å². The molecule has 1 spiro atoms. The van der Waals surface area contributed by atoms with Crippen molar-refractivity contribution in [3.8, 4) is 22.3 Å². The van der Waals surface area contributed by atoms with Gasteiger partial charge in [-0.1, -0.05) is 84.9 Å². The predicted octanol–water partition coefficient (Wildman–Crippen LogP) is 9.86. The van der Waals surface area contributed by atoms with E-state index in [0.717, 1.165) is 23.7 Å². The van der Waals surface area contributed by atoms with Crippen LogP contribution in [0.3, 0.4) is 0 Å².